The third-order valence-electron chi connectivity index (χ3n) is 3.39. The van der Waals surface area contributed by atoms with Crippen LogP contribution in [0.1, 0.15) is 39.8 Å². The van der Waals surface area contributed by atoms with Crippen molar-refractivity contribution < 1.29 is 0 Å². The van der Waals surface area contributed by atoms with Crippen LogP contribution in [0.15, 0.2) is 36.4 Å². The normalized spacial score (nSPS) is 12.0. The number of allylic oxidation sites excluding steroid dienone is 1. The monoisotopic (exact) mass is 271 g/mol. The van der Waals surface area contributed by atoms with Crippen LogP contribution in [0.4, 0.5) is 0 Å². The maximum absolute atomic E-state index is 4.77. The van der Waals surface area contributed by atoms with Gasteiger partial charge in [0, 0.05) is 17.5 Å². The van der Waals surface area contributed by atoms with E-state index in [1.54, 1.807) is 0 Å². The molecule has 0 aliphatic heterocycles. The summed E-state index contributed by atoms with van der Waals surface area (Å²) in [5.41, 5.74) is 3.60. The zero-order chi connectivity index (χ0) is 14.8. The number of aromatic nitrogens is 2. The van der Waals surface area contributed by atoms with Gasteiger partial charge < -0.3 is 5.32 Å². The first-order valence-corrected chi connectivity index (χ1v) is 7.27. The van der Waals surface area contributed by atoms with Gasteiger partial charge in [0.1, 0.15) is 0 Å². The molecule has 1 aromatic carbocycles. The van der Waals surface area contributed by atoms with Crippen molar-refractivity contribution in [3.8, 4) is 0 Å². The Morgan fingerprint density at radius 2 is 2.00 bits per heavy atom. The largest absolute Gasteiger partial charge is 0.306 e. The Kier molecular flexibility index (Phi) is 4.29. The molecule has 0 saturated heterocycles. The summed E-state index contributed by atoms with van der Waals surface area (Å²) < 4.78 is 2.07. The van der Waals surface area contributed by atoms with E-state index in [1.807, 2.05) is 0 Å². The molecule has 0 spiro atoms. The molecule has 0 unspecified atom stereocenters. The highest BCUT2D eigenvalue weighted by Crippen LogP contribution is 2.20. The highest BCUT2D eigenvalue weighted by molar-refractivity contribution is 5.82. The summed E-state index contributed by atoms with van der Waals surface area (Å²) in [5, 5.41) is 9.52. The Labute approximate surface area is 121 Å². The molecule has 20 heavy (non-hydrogen) atoms. The summed E-state index contributed by atoms with van der Waals surface area (Å²) in [6.07, 6.45) is 0.990. The molecule has 0 bridgehead atoms. The van der Waals surface area contributed by atoms with E-state index in [0.717, 1.165) is 25.2 Å². The summed E-state index contributed by atoms with van der Waals surface area (Å²) >= 11 is 0. The number of hydrogen-bond donors (Lipinski definition) is 1. The van der Waals surface area contributed by atoms with Crippen molar-refractivity contribution >= 4 is 10.9 Å². The fourth-order valence-electron chi connectivity index (χ4n) is 2.12. The lowest BCUT2D eigenvalue weighted by Crippen LogP contribution is -2.35. The predicted octanol–water partition coefficient (Wildman–Crippen LogP) is 3.89. The smallest absolute Gasteiger partial charge is 0.0841 e. The Morgan fingerprint density at radius 1 is 1.30 bits per heavy atom. The molecule has 0 amide bonds. The van der Waals surface area contributed by atoms with Gasteiger partial charge in [0.2, 0.25) is 0 Å². The van der Waals surface area contributed by atoms with Crippen molar-refractivity contribution in [1.82, 2.24) is 15.1 Å². The Balaban J connectivity index is 2.33. The molecule has 108 valence electrons. The highest BCUT2D eigenvalue weighted by Gasteiger charge is 2.14. The summed E-state index contributed by atoms with van der Waals surface area (Å²) in [6.45, 7) is 14.3. The minimum absolute atomic E-state index is 0.0951. The average molecular weight is 271 g/mol. The molecule has 3 nitrogen and oxygen atoms in total. The fourth-order valence-corrected chi connectivity index (χ4v) is 2.12. The molecule has 0 atom stereocenters. The highest BCUT2D eigenvalue weighted by atomic mass is 15.3. The summed E-state index contributed by atoms with van der Waals surface area (Å²) in [5.74, 6) is 0. The molecule has 1 aromatic heterocycles. The number of fused-ring (bicyclic) bond motifs is 1. The van der Waals surface area contributed by atoms with Gasteiger partial charge in [0.15, 0.2) is 0 Å². The van der Waals surface area contributed by atoms with E-state index in [9.17, 15) is 0 Å². The lowest BCUT2D eigenvalue weighted by Gasteiger charge is -2.19. The van der Waals surface area contributed by atoms with E-state index >= 15 is 0 Å². The average Bonchev–Trinajstić information content (AvgIpc) is 2.74. The second-order valence-corrected chi connectivity index (χ2v) is 6.33. The topological polar surface area (TPSA) is 29.9 Å². The Bertz CT molecular complexity index is 602. The minimum atomic E-state index is 0.0951. The summed E-state index contributed by atoms with van der Waals surface area (Å²) in [7, 11) is 0. The number of para-hydroxylation sites is 1. The first kappa shape index (κ1) is 14.8. The van der Waals surface area contributed by atoms with Gasteiger partial charge in [-0.1, -0.05) is 37.3 Å². The molecular formula is C17H25N3. The van der Waals surface area contributed by atoms with Gasteiger partial charge in [-0.2, -0.15) is 5.10 Å². The van der Waals surface area contributed by atoms with Crippen LogP contribution >= 0.6 is 0 Å². The van der Waals surface area contributed by atoms with Crippen LogP contribution in [0, 0.1) is 0 Å². The summed E-state index contributed by atoms with van der Waals surface area (Å²) in [6, 6.07) is 8.42. The number of nitrogens with one attached hydrogen (secondary N) is 1. The molecule has 1 heterocycles. The SMILES string of the molecule is C=C(CC)Cn1nc(CNC(C)(C)C)c2ccccc21. The van der Waals surface area contributed by atoms with Crippen molar-refractivity contribution in [1.29, 1.82) is 0 Å². The minimum Gasteiger partial charge on any atom is -0.306 e. The van der Waals surface area contributed by atoms with Crippen molar-refractivity contribution in [3.63, 3.8) is 0 Å². The molecule has 3 heteroatoms. The summed E-state index contributed by atoms with van der Waals surface area (Å²) in [4.78, 5) is 0. The fraction of sp³-hybridized carbons (Fsp3) is 0.471. The van der Waals surface area contributed by atoms with Crippen LogP contribution in [0.3, 0.4) is 0 Å². The van der Waals surface area contributed by atoms with Gasteiger partial charge in [0.05, 0.1) is 17.8 Å². The standard InChI is InChI=1S/C17H25N3/c1-6-13(2)12-20-16-10-8-7-9-14(16)15(19-20)11-18-17(3,4)5/h7-10,18H,2,6,11-12H2,1,3-5H3. The van der Waals surface area contributed by atoms with Gasteiger partial charge in [0.25, 0.3) is 0 Å². The van der Waals surface area contributed by atoms with Crippen LogP contribution < -0.4 is 5.32 Å². The maximum Gasteiger partial charge on any atom is 0.0841 e. The van der Waals surface area contributed by atoms with Crippen molar-refractivity contribution in [2.75, 3.05) is 0 Å². The number of hydrogen-bond acceptors (Lipinski definition) is 2. The lowest BCUT2D eigenvalue weighted by atomic mass is 10.1. The van der Waals surface area contributed by atoms with E-state index < -0.39 is 0 Å². The zero-order valence-electron chi connectivity index (χ0n) is 13.0. The van der Waals surface area contributed by atoms with E-state index in [4.69, 9.17) is 5.10 Å². The first-order valence-electron chi connectivity index (χ1n) is 7.27. The van der Waals surface area contributed by atoms with E-state index in [2.05, 4.69) is 68.5 Å². The second-order valence-electron chi connectivity index (χ2n) is 6.33. The van der Waals surface area contributed by atoms with Crippen LogP contribution in [-0.2, 0) is 13.1 Å². The molecule has 0 aliphatic carbocycles. The van der Waals surface area contributed by atoms with Gasteiger partial charge in [-0.25, -0.2) is 0 Å². The Hall–Kier alpha value is -1.61. The van der Waals surface area contributed by atoms with Gasteiger partial charge in [-0.3, -0.25) is 4.68 Å². The number of rotatable bonds is 5. The van der Waals surface area contributed by atoms with Crippen molar-refractivity contribution in [2.24, 2.45) is 0 Å². The first-order chi connectivity index (χ1) is 9.40. The maximum atomic E-state index is 4.77. The third kappa shape index (κ3) is 3.48. The lowest BCUT2D eigenvalue weighted by molar-refractivity contribution is 0.420. The zero-order valence-corrected chi connectivity index (χ0v) is 13.0. The quantitative estimate of drug-likeness (QED) is 0.836. The molecule has 2 rings (SSSR count). The van der Waals surface area contributed by atoms with Crippen molar-refractivity contribution in [2.45, 2.75) is 52.7 Å². The predicted molar refractivity (Wildman–Crippen MR) is 85.8 cm³/mol. The molecule has 0 aliphatic rings. The van der Waals surface area contributed by atoms with Crippen LogP contribution in [-0.4, -0.2) is 15.3 Å². The van der Waals surface area contributed by atoms with Crippen LogP contribution in [0.2, 0.25) is 0 Å². The Morgan fingerprint density at radius 3 is 2.65 bits per heavy atom. The molecule has 2 aromatic rings. The van der Waals surface area contributed by atoms with E-state index in [0.29, 0.717) is 0 Å². The van der Waals surface area contributed by atoms with Crippen LogP contribution in [0.5, 0.6) is 0 Å². The molecule has 0 radical (unpaired) electrons. The molecule has 1 N–H and O–H groups in total. The van der Waals surface area contributed by atoms with Gasteiger partial charge >= 0.3 is 0 Å². The van der Waals surface area contributed by atoms with Gasteiger partial charge in [-0.05, 0) is 33.3 Å². The number of benzene rings is 1. The number of nitrogens with zero attached hydrogens (tertiary/aromatic N) is 2. The third-order valence-corrected chi connectivity index (χ3v) is 3.39. The van der Waals surface area contributed by atoms with Crippen LogP contribution in [0.25, 0.3) is 10.9 Å². The van der Waals surface area contributed by atoms with Crippen molar-refractivity contribution in [3.05, 3.63) is 42.1 Å². The van der Waals surface area contributed by atoms with Gasteiger partial charge in [-0.15, -0.1) is 0 Å². The molecule has 0 saturated carbocycles. The molecular weight excluding hydrogens is 246 g/mol. The second kappa shape index (κ2) is 5.80. The van der Waals surface area contributed by atoms with E-state index in [1.165, 1.54) is 16.5 Å². The molecule has 0 fully saturated rings. The van der Waals surface area contributed by atoms with E-state index in [-0.39, 0.29) is 5.54 Å².